The average molecular weight is 465 g/mol. The van der Waals surface area contributed by atoms with E-state index in [2.05, 4.69) is 97.7 Å². The smallest absolute Gasteiger partial charge is 0.317 e. The number of amides is 2. The van der Waals surface area contributed by atoms with Gasteiger partial charge in [0.15, 0.2) is 0 Å². The number of carbonyl (C=O) groups excluding carboxylic acids is 1. The Morgan fingerprint density at radius 3 is 2.20 bits per heavy atom. The van der Waals surface area contributed by atoms with Crippen LogP contribution in [0.2, 0.25) is 0 Å². The van der Waals surface area contributed by atoms with Crippen LogP contribution in [0.3, 0.4) is 0 Å². The van der Waals surface area contributed by atoms with Crippen molar-refractivity contribution >= 4 is 33.3 Å². The fourth-order valence-electron chi connectivity index (χ4n) is 5.85. The minimum Gasteiger partial charge on any atom is -0.317 e. The number of fused-ring (bicyclic) bond motifs is 3. The molecule has 0 atom stereocenters. The lowest BCUT2D eigenvalue weighted by Crippen LogP contribution is -2.42. The second kappa shape index (κ2) is 10.1. The average Bonchev–Trinajstić information content (AvgIpc) is 3.14. The molecule has 2 amide bonds. The Morgan fingerprint density at radius 2 is 1.46 bits per heavy atom. The van der Waals surface area contributed by atoms with Crippen LogP contribution in [0.15, 0.2) is 66.7 Å². The van der Waals surface area contributed by atoms with E-state index in [1.165, 1.54) is 58.4 Å². The maximum atomic E-state index is 13.8. The second-order valence-electron chi connectivity index (χ2n) is 10.3. The molecule has 180 valence electrons. The van der Waals surface area contributed by atoms with Gasteiger partial charge in [-0.3, -0.25) is 0 Å². The van der Waals surface area contributed by atoms with Crippen molar-refractivity contribution in [3.05, 3.63) is 89.0 Å². The normalized spacial score (nSPS) is 14.7. The number of nitrogens with zero attached hydrogens (tertiary/aromatic N) is 1. The zero-order valence-corrected chi connectivity index (χ0v) is 21.2. The molecule has 0 saturated heterocycles. The lowest BCUT2D eigenvalue weighted by molar-refractivity contribution is 0.175. The molecular weight excluding hydrogens is 428 g/mol. The Balaban J connectivity index is 1.46. The van der Waals surface area contributed by atoms with Gasteiger partial charge in [-0.25, -0.2) is 4.79 Å². The van der Waals surface area contributed by atoms with Crippen LogP contribution in [0.4, 0.5) is 10.5 Å². The molecule has 35 heavy (non-hydrogen) atoms. The van der Waals surface area contributed by atoms with Gasteiger partial charge in [-0.05, 0) is 77.9 Å². The number of hydrogen-bond acceptors (Lipinski definition) is 1. The summed E-state index contributed by atoms with van der Waals surface area (Å²) in [6.07, 6.45) is 7.09. The van der Waals surface area contributed by atoms with E-state index in [0.717, 1.165) is 29.7 Å². The first kappa shape index (κ1) is 23.4. The SMILES string of the molecule is Cc1cc(C)c(NC(=O)N(Cc2ccc3c(ccc4ccccc43)c2)C2CCCCCC2)c(C)c1. The molecule has 1 aliphatic carbocycles. The van der Waals surface area contributed by atoms with Crippen LogP contribution >= 0.6 is 0 Å². The molecule has 0 spiro atoms. The third kappa shape index (κ3) is 5.05. The van der Waals surface area contributed by atoms with Gasteiger partial charge in [0.1, 0.15) is 0 Å². The number of nitrogens with one attached hydrogen (secondary N) is 1. The Bertz CT molecular complexity index is 1340. The lowest BCUT2D eigenvalue weighted by Gasteiger charge is -2.32. The Labute approximate surface area is 209 Å². The van der Waals surface area contributed by atoms with E-state index in [1.807, 2.05) is 0 Å². The molecule has 0 heterocycles. The van der Waals surface area contributed by atoms with Crippen molar-refractivity contribution in [2.75, 3.05) is 5.32 Å². The zero-order valence-electron chi connectivity index (χ0n) is 21.2. The molecule has 5 rings (SSSR count). The van der Waals surface area contributed by atoms with Crippen molar-refractivity contribution in [1.29, 1.82) is 0 Å². The lowest BCUT2D eigenvalue weighted by atomic mass is 9.99. The molecule has 1 aliphatic rings. The van der Waals surface area contributed by atoms with Gasteiger partial charge in [0.05, 0.1) is 0 Å². The molecule has 0 aromatic heterocycles. The maximum absolute atomic E-state index is 13.8. The fraction of sp³-hybridized carbons (Fsp3) is 0.344. The molecule has 0 aliphatic heterocycles. The number of rotatable bonds is 4. The minimum absolute atomic E-state index is 0.0190. The molecular formula is C32H36N2O. The molecule has 3 heteroatoms. The zero-order chi connectivity index (χ0) is 24.4. The molecule has 3 nitrogen and oxygen atoms in total. The first-order valence-electron chi connectivity index (χ1n) is 13.1. The van der Waals surface area contributed by atoms with Gasteiger partial charge in [0.2, 0.25) is 0 Å². The van der Waals surface area contributed by atoms with Gasteiger partial charge in [-0.15, -0.1) is 0 Å². The Kier molecular flexibility index (Phi) is 6.77. The summed E-state index contributed by atoms with van der Waals surface area (Å²) in [5.41, 5.74) is 5.60. The van der Waals surface area contributed by atoms with Crippen molar-refractivity contribution in [2.24, 2.45) is 0 Å². The molecule has 0 radical (unpaired) electrons. The highest BCUT2D eigenvalue weighted by Gasteiger charge is 2.26. The third-order valence-corrected chi connectivity index (χ3v) is 7.60. The quantitative estimate of drug-likeness (QED) is 0.238. The highest BCUT2D eigenvalue weighted by atomic mass is 16.2. The first-order chi connectivity index (χ1) is 17.0. The summed E-state index contributed by atoms with van der Waals surface area (Å²) in [5.74, 6) is 0. The van der Waals surface area contributed by atoms with Crippen molar-refractivity contribution in [3.8, 4) is 0 Å². The molecule has 4 aromatic carbocycles. The van der Waals surface area contributed by atoms with E-state index in [-0.39, 0.29) is 12.1 Å². The summed E-state index contributed by atoms with van der Waals surface area (Å²) in [7, 11) is 0. The van der Waals surface area contributed by atoms with E-state index in [0.29, 0.717) is 6.54 Å². The van der Waals surface area contributed by atoms with Crippen LogP contribution < -0.4 is 5.32 Å². The number of aryl methyl sites for hydroxylation is 3. The van der Waals surface area contributed by atoms with Gasteiger partial charge >= 0.3 is 6.03 Å². The predicted molar refractivity (Wildman–Crippen MR) is 148 cm³/mol. The number of anilines is 1. The van der Waals surface area contributed by atoms with Gasteiger partial charge in [0, 0.05) is 18.3 Å². The number of carbonyl (C=O) groups is 1. The Morgan fingerprint density at radius 1 is 0.800 bits per heavy atom. The topological polar surface area (TPSA) is 32.3 Å². The molecule has 1 N–H and O–H groups in total. The summed E-state index contributed by atoms with van der Waals surface area (Å²) in [5, 5.41) is 8.33. The van der Waals surface area contributed by atoms with Gasteiger partial charge < -0.3 is 10.2 Å². The molecule has 0 unspecified atom stereocenters. The summed E-state index contributed by atoms with van der Waals surface area (Å²) in [6.45, 7) is 6.90. The van der Waals surface area contributed by atoms with E-state index in [9.17, 15) is 4.79 Å². The van der Waals surface area contributed by atoms with Crippen LogP contribution in [0.25, 0.3) is 21.5 Å². The monoisotopic (exact) mass is 464 g/mol. The van der Waals surface area contributed by atoms with Crippen LogP contribution in [0.5, 0.6) is 0 Å². The molecule has 0 bridgehead atoms. The van der Waals surface area contributed by atoms with E-state index in [1.54, 1.807) is 0 Å². The number of hydrogen-bond donors (Lipinski definition) is 1. The van der Waals surface area contributed by atoms with Crippen LogP contribution in [0, 0.1) is 20.8 Å². The fourth-order valence-corrected chi connectivity index (χ4v) is 5.85. The van der Waals surface area contributed by atoms with Gasteiger partial charge in [0.25, 0.3) is 0 Å². The molecule has 1 saturated carbocycles. The van der Waals surface area contributed by atoms with E-state index in [4.69, 9.17) is 0 Å². The largest absolute Gasteiger partial charge is 0.322 e. The number of urea groups is 1. The third-order valence-electron chi connectivity index (χ3n) is 7.60. The van der Waals surface area contributed by atoms with E-state index >= 15 is 0 Å². The second-order valence-corrected chi connectivity index (χ2v) is 10.3. The predicted octanol–water partition coefficient (Wildman–Crippen LogP) is 8.68. The molecule has 1 fully saturated rings. The summed E-state index contributed by atoms with van der Waals surface area (Å²) < 4.78 is 0. The van der Waals surface area contributed by atoms with Crippen LogP contribution in [-0.4, -0.2) is 17.0 Å². The summed E-state index contributed by atoms with van der Waals surface area (Å²) >= 11 is 0. The van der Waals surface area contributed by atoms with Crippen molar-refractivity contribution in [1.82, 2.24) is 4.90 Å². The minimum atomic E-state index is 0.0190. The highest BCUT2D eigenvalue weighted by molar-refractivity contribution is 6.07. The van der Waals surface area contributed by atoms with E-state index < -0.39 is 0 Å². The maximum Gasteiger partial charge on any atom is 0.322 e. The highest BCUT2D eigenvalue weighted by Crippen LogP contribution is 2.29. The standard InChI is InChI=1S/C32H36N2O/c1-22-18-23(2)31(24(3)19-22)33-32(35)34(28-11-6-4-5-7-12-28)21-25-14-17-30-27(20-25)16-15-26-10-8-9-13-29(26)30/h8-10,13-20,28H,4-7,11-12,21H2,1-3H3,(H,33,35). The van der Waals surface area contributed by atoms with Gasteiger partial charge in [-0.1, -0.05) is 91.9 Å². The van der Waals surface area contributed by atoms with Crippen molar-refractivity contribution in [2.45, 2.75) is 71.9 Å². The summed E-state index contributed by atoms with van der Waals surface area (Å²) in [4.78, 5) is 15.9. The van der Waals surface area contributed by atoms with Crippen molar-refractivity contribution < 1.29 is 4.79 Å². The Hall–Kier alpha value is -3.33. The number of benzene rings is 4. The summed E-state index contributed by atoms with van der Waals surface area (Å²) in [6, 6.07) is 24.2. The first-order valence-corrected chi connectivity index (χ1v) is 13.1. The van der Waals surface area contributed by atoms with Crippen molar-refractivity contribution in [3.63, 3.8) is 0 Å². The molecule has 4 aromatic rings. The van der Waals surface area contributed by atoms with Crippen LogP contribution in [-0.2, 0) is 6.54 Å². The van der Waals surface area contributed by atoms with Gasteiger partial charge in [-0.2, -0.15) is 0 Å². The van der Waals surface area contributed by atoms with Crippen LogP contribution in [0.1, 0.15) is 60.8 Å².